The van der Waals surface area contributed by atoms with Crippen LogP contribution in [0.2, 0.25) is 0 Å². The number of nitrogens with one attached hydrogen (secondary N) is 1. The second-order valence-electron chi connectivity index (χ2n) is 5.71. The lowest BCUT2D eigenvalue weighted by Gasteiger charge is -2.21. The van der Waals surface area contributed by atoms with Crippen molar-refractivity contribution in [2.75, 3.05) is 13.7 Å². The molecule has 1 N–H and O–H groups in total. The van der Waals surface area contributed by atoms with Gasteiger partial charge in [-0.25, -0.2) is 0 Å². The van der Waals surface area contributed by atoms with Crippen LogP contribution >= 0.6 is 0 Å². The predicted molar refractivity (Wildman–Crippen MR) is 89.1 cm³/mol. The second kappa shape index (κ2) is 6.77. The number of rotatable bonds is 5. The Balaban J connectivity index is 2.16. The topological polar surface area (TPSA) is 21.3 Å². The summed E-state index contributed by atoms with van der Waals surface area (Å²) in [4.78, 5) is 0. The molecule has 0 saturated heterocycles. The first kappa shape index (κ1) is 15.6. The number of aryl methyl sites for hydroxylation is 3. The van der Waals surface area contributed by atoms with Gasteiger partial charge in [-0.3, -0.25) is 0 Å². The third kappa shape index (κ3) is 3.64. The maximum absolute atomic E-state index is 6.10. The van der Waals surface area contributed by atoms with Crippen LogP contribution in [-0.4, -0.2) is 13.7 Å². The van der Waals surface area contributed by atoms with Gasteiger partial charge in [0.1, 0.15) is 12.4 Å². The summed E-state index contributed by atoms with van der Waals surface area (Å²) in [6.07, 6.45) is 0. The highest BCUT2D eigenvalue weighted by molar-refractivity contribution is 5.42. The van der Waals surface area contributed by atoms with Crippen LogP contribution in [0.1, 0.15) is 33.9 Å². The van der Waals surface area contributed by atoms with Crippen LogP contribution in [0.25, 0.3) is 0 Å². The van der Waals surface area contributed by atoms with Crippen molar-refractivity contribution in [2.24, 2.45) is 0 Å². The first-order chi connectivity index (χ1) is 10.0. The molecule has 0 fully saturated rings. The number of hydrogen-bond acceptors (Lipinski definition) is 2. The van der Waals surface area contributed by atoms with Crippen LogP contribution in [-0.2, 0) is 0 Å². The molecule has 0 amide bonds. The van der Waals surface area contributed by atoms with Crippen molar-refractivity contribution < 1.29 is 4.74 Å². The number of benzene rings is 2. The first-order valence-corrected chi connectivity index (χ1v) is 7.46. The molecule has 0 spiro atoms. The number of ether oxygens (including phenoxy) is 1. The molecule has 2 aromatic rings. The van der Waals surface area contributed by atoms with Crippen LogP contribution in [0.3, 0.4) is 0 Å². The van der Waals surface area contributed by atoms with Gasteiger partial charge in [0.15, 0.2) is 0 Å². The smallest absolute Gasteiger partial charge is 0.122 e. The van der Waals surface area contributed by atoms with Crippen molar-refractivity contribution in [3.05, 3.63) is 64.2 Å². The number of likely N-dealkylation sites (N-methyl/N-ethyl adjacent to an activating group) is 1. The van der Waals surface area contributed by atoms with Crippen LogP contribution < -0.4 is 10.1 Å². The van der Waals surface area contributed by atoms with Crippen LogP contribution in [0.4, 0.5) is 0 Å². The highest BCUT2D eigenvalue weighted by atomic mass is 16.5. The van der Waals surface area contributed by atoms with E-state index in [1.807, 2.05) is 7.05 Å². The monoisotopic (exact) mass is 283 g/mol. The summed E-state index contributed by atoms with van der Waals surface area (Å²) in [6.45, 7) is 9.13. The van der Waals surface area contributed by atoms with Gasteiger partial charge in [0, 0.05) is 0 Å². The maximum Gasteiger partial charge on any atom is 0.122 e. The minimum atomic E-state index is 0.200. The fourth-order valence-electron chi connectivity index (χ4n) is 2.63. The summed E-state index contributed by atoms with van der Waals surface area (Å²) in [5.41, 5.74) is 6.33. The van der Waals surface area contributed by atoms with Gasteiger partial charge in [-0.1, -0.05) is 30.3 Å². The third-order valence-corrected chi connectivity index (χ3v) is 4.08. The highest BCUT2D eigenvalue weighted by Gasteiger charge is 2.13. The lowest BCUT2D eigenvalue weighted by atomic mass is 10.0. The molecule has 21 heavy (non-hydrogen) atoms. The van der Waals surface area contributed by atoms with E-state index in [9.17, 15) is 0 Å². The van der Waals surface area contributed by atoms with E-state index in [1.165, 1.54) is 27.8 Å². The minimum absolute atomic E-state index is 0.200. The predicted octanol–water partition coefficient (Wildman–Crippen LogP) is 4.26. The zero-order valence-corrected chi connectivity index (χ0v) is 13.7. The Labute approximate surface area is 128 Å². The van der Waals surface area contributed by atoms with E-state index in [0.29, 0.717) is 6.61 Å². The summed E-state index contributed by atoms with van der Waals surface area (Å²) < 4.78 is 6.10. The Kier molecular flexibility index (Phi) is 5.03. The molecule has 0 aromatic heterocycles. The minimum Gasteiger partial charge on any atom is -0.491 e. The van der Waals surface area contributed by atoms with E-state index in [-0.39, 0.29) is 6.04 Å². The number of hydrogen-bond donors (Lipinski definition) is 1. The van der Waals surface area contributed by atoms with E-state index >= 15 is 0 Å². The van der Waals surface area contributed by atoms with Crippen molar-refractivity contribution in [1.82, 2.24) is 5.32 Å². The van der Waals surface area contributed by atoms with Gasteiger partial charge in [0.25, 0.3) is 0 Å². The molecule has 0 aliphatic rings. The van der Waals surface area contributed by atoms with E-state index in [2.05, 4.69) is 69.4 Å². The second-order valence-corrected chi connectivity index (χ2v) is 5.71. The molecule has 2 aromatic carbocycles. The van der Waals surface area contributed by atoms with Crippen molar-refractivity contribution >= 4 is 0 Å². The highest BCUT2D eigenvalue weighted by Crippen LogP contribution is 2.25. The Morgan fingerprint density at radius 1 is 1.00 bits per heavy atom. The summed E-state index contributed by atoms with van der Waals surface area (Å²) >= 11 is 0. The normalized spacial score (nSPS) is 12.2. The van der Waals surface area contributed by atoms with Gasteiger partial charge < -0.3 is 10.1 Å². The summed E-state index contributed by atoms with van der Waals surface area (Å²) in [6, 6.07) is 13.0. The molecule has 2 heteroatoms. The van der Waals surface area contributed by atoms with E-state index in [4.69, 9.17) is 4.74 Å². The molecule has 0 aliphatic carbocycles. The van der Waals surface area contributed by atoms with Gasteiger partial charge in [-0.15, -0.1) is 0 Å². The summed E-state index contributed by atoms with van der Waals surface area (Å²) in [7, 11) is 1.98. The molecule has 0 saturated carbocycles. The molecule has 0 aliphatic heterocycles. The molecule has 2 rings (SSSR count). The standard InChI is InChI=1S/C19H25NO/c1-13-10-15(3)16(4)19(11-13)21-12-18(20-5)17-9-7-6-8-14(17)2/h6-11,18,20H,12H2,1-5H3. The quantitative estimate of drug-likeness (QED) is 0.885. The SMILES string of the molecule is CNC(COc1cc(C)cc(C)c1C)c1ccccc1C. The van der Waals surface area contributed by atoms with Gasteiger partial charge in [0.05, 0.1) is 6.04 Å². The van der Waals surface area contributed by atoms with Gasteiger partial charge in [-0.2, -0.15) is 0 Å². The molecule has 0 bridgehead atoms. The average molecular weight is 283 g/mol. The third-order valence-electron chi connectivity index (χ3n) is 4.08. The van der Waals surface area contributed by atoms with Gasteiger partial charge in [0.2, 0.25) is 0 Å². The Bertz CT molecular complexity index is 619. The molecular formula is C19H25NO. The molecule has 1 unspecified atom stereocenters. The zero-order valence-electron chi connectivity index (χ0n) is 13.7. The molecule has 0 heterocycles. The van der Waals surface area contributed by atoms with Crippen molar-refractivity contribution in [1.29, 1.82) is 0 Å². The summed E-state index contributed by atoms with van der Waals surface area (Å²) in [5, 5.41) is 3.35. The van der Waals surface area contributed by atoms with E-state index in [1.54, 1.807) is 0 Å². The Morgan fingerprint density at radius 3 is 2.38 bits per heavy atom. The zero-order chi connectivity index (χ0) is 15.4. The van der Waals surface area contributed by atoms with Crippen LogP contribution in [0, 0.1) is 27.7 Å². The van der Waals surface area contributed by atoms with Gasteiger partial charge in [-0.05, 0) is 68.6 Å². The van der Waals surface area contributed by atoms with Gasteiger partial charge >= 0.3 is 0 Å². The largest absolute Gasteiger partial charge is 0.491 e. The first-order valence-electron chi connectivity index (χ1n) is 7.46. The molecule has 112 valence electrons. The maximum atomic E-state index is 6.10. The van der Waals surface area contributed by atoms with Crippen molar-refractivity contribution in [3.8, 4) is 5.75 Å². The lowest BCUT2D eigenvalue weighted by Crippen LogP contribution is -2.24. The van der Waals surface area contributed by atoms with Crippen molar-refractivity contribution in [2.45, 2.75) is 33.7 Å². The average Bonchev–Trinajstić information content (AvgIpc) is 2.46. The van der Waals surface area contributed by atoms with E-state index in [0.717, 1.165) is 5.75 Å². The molecule has 1 atom stereocenters. The fraction of sp³-hybridized carbons (Fsp3) is 0.368. The molecule has 0 radical (unpaired) electrons. The Hall–Kier alpha value is -1.80. The molecular weight excluding hydrogens is 258 g/mol. The fourth-order valence-corrected chi connectivity index (χ4v) is 2.63. The van der Waals surface area contributed by atoms with Crippen LogP contribution in [0.5, 0.6) is 5.75 Å². The summed E-state index contributed by atoms with van der Waals surface area (Å²) in [5.74, 6) is 0.987. The van der Waals surface area contributed by atoms with Crippen molar-refractivity contribution in [3.63, 3.8) is 0 Å². The van der Waals surface area contributed by atoms with E-state index < -0.39 is 0 Å². The Morgan fingerprint density at radius 2 is 1.71 bits per heavy atom. The van der Waals surface area contributed by atoms with Crippen LogP contribution in [0.15, 0.2) is 36.4 Å². The lowest BCUT2D eigenvalue weighted by molar-refractivity contribution is 0.271. The molecule has 2 nitrogen and oxygen atoms in total.